The summed E-state index contributed by atoms with van der Waals surface area (Å²) >= 11 is 20.0. The Balaban J connectivity index is 0.000000335. The molecule has 0 amide bonds. The fourth-order valence-corrected chi connectivity index (χ4v) is 9.78. The topological polar surface area (TPSA) is 67.5 Å². The van der Waals surface area contributed by atoms with Crippen molar-refractivity contribution in [2.75, 3.05) is 0 Å². The van der Waals surface area contributed by atoms with Crippen LogP contribution in [-0.4, -0.2) is 32.0 Å². The number of hydrogen-bond donors (Lipinski definition) is 2. The van der Waals surface area contributed by atoms with Gasteiger partial charge >= 0.3 is 0 Å². The molecule has 0 bridgehead atoms. The third kappa shape index (κ3) is 18.0. The van der Waals surface area contributed by atoms with E-state index in [4.69, 9.17) is 39.5 Å². The number of hydrogen-bond acceptors (Lipinski definition) is 5. The van der Waals surface area contributed by atoms with Crippen LogP contribution < -0.4 is 0 Å². The molecule has 3 aromatic rings. The van der Waals surface area contributed by atoms with E-state index in [9.17, 15) is 10.2 Å². The first kappa shape index (κ1) is 53.6. The van der Waals surface area contributed by atoms with Crippen LogP contribution in [0.3, 0.4) is 0 Å². The summed E-state index contributed by atoms with van der Waals surface area (Å²) < 4.78 is 8.79. The van der Waals surface area contributed by atoms with Gasteiger partial charge in [-0.25, -0.2) is 4.98 Å². The van der Waals surface area contributed by atoms with Crippen LogP contribution in [0.25, 0.3) is 0 Å². The van der Waals surface area contributed by atoms with Crippen molar-refractivity contribution in [3.05, 3.63) is 204 Å². The first-order chi connectivity index (χ1) is 30.7. The lowest BCUT2D eigenvalue weighted by Crippen LogP contribution is -2.32. The fraction of sp³-hybridized carbons (Fsp3) is 0.375. The summed E-state index contributed by atoms with van der Waals surface area (Å²) in [5, 5.41) is 23.3. The van der Waals surface area contributed by atoms with Gasteiger partial charge in [0.2, 0.25) is 0 Å². The summed E-state index contributed by atoms with van der Waals surface area (Å²) in [4.78, 5) is 4.06. The average molecular weight is 957 g/mol. The number of imidazole rings is 1. The van der Waals surface area contributed by atoms with E-state index in [2.05, 4.69) is 159 Å². The third-order valence-corrected chi connectivity index (χ3v) is 13.5. The maximum Gasteiger partial charge on any atom is 0.102 e. The van der Waals surface area contributed by atoms with Gasteiger partial charge in [0.1, 0.15) is 6.10 Å². The highest BCUT2D eigenvalue weighted by molar-refractivity contribution is 7.14. The Morgan fingerprint density at radius 3 is 2.06 bits per heavy atom. The van der Waals surface area contributed by atoms with E-state index in [-0.39, 0.29) is 29.1 Å². The van der Waals surface area contributed by atoms with Gasteiger partial charge in [-0.1, -0.05) is 193 Å². The third-order valence-electron chi connectivity index (χ3n) is 11.7. The quantitative estimate of drug-likeness (QED) is 0.111. The zero-order valence-electron chi connectivity index (χ0n) is 39.9. The highest BCUT2D eigenvalue weighted by Crippen LogP contribution is 2.43. The summed E-state index contributed by atoms with van der Waals surface area (Å²) in [5.41, 5.74) is 10.6. The second-order valence-corrected chi connectivity index (χ2v) is 21.0. The van der Waals surface area contributed by atoms with E-state index >= 15 is 0 Å². The number of ether oxygens (including phenoxy) is 1. The van der Waals surface area contributed by atoms with Gasteiger partial charge in [-0.05, 0) is 101 Å². The normalized spacial score (nSPS) is 21.6. The van der Waals surface area contributed by atoms with Crippen LogP contribution in [0.15, 0.2) is 179 Å². The number of nitrogens with zero attached hydrogens (tertiary/aromatic N) is 2. The van der Waals surface area contributed by atoms with E-state index in [1.165, 1.54) is 50.3 Å². The van der Waals surface area contributed by atoms with Crippen molar-refractivity contribution >= 4 is 46.1 Å². The second kappa shape index (κ2) is 25.8. The molecule has 2 heterocycles. The van der Waals surface area contributed by atoms with E-state index in [0.717, 1.165) is 34.7 Å². The number of halogens is 3. The molecule has 0 spiro atoms. The first-order valence-corrected chi connectivity index (χ1v) is 24.3. The number of aromatic nitrogens is 2. The molecule has 0 aliphatic heterocycles. The van der Waals surface area contributed by atoms with Crippen molar-refractivity contribution in [3.8, 4) is 0 Å². The number of rotatable bonds is 16. The minimum Gasteiger partial charge on any atom is -0.393 e. The van der Waals surface area contributed by atoms with E-state index < -0.39 is 0 Å². The SMILES string of the molecule is CC1=C[C@H](O)CC(C)(C)[C@H]1/C=C/C(C)=C/C=C/C(C)=C/C=C/C=C(C)/C=C/C=C(C)/C=C/C1=C(C)C[C@@H](O)CC1(C)C.Clc1ccc(C(Cn2ccnc2)OCc2ccsc2Cl)c(Cl)c1. The Bertz CT molecular complexity index is 2380. The van der Waals surface area contributed by atoms with Crippen molar-refractivity contribution in [2.45, 2.75) is 120 Å². The maximum atomic E-state index is 10.1. The monoisotopic (exact) mass is 954 g/mol. The van der Waals surface area contributed by atoms with Gasteiger partial charge in [0, 0.05) is 39.5 Å². The molecule has 2 aliphatic carbocycles. The largest absolute Gasteiger partial charge is 0.393 e. The molecule has 9 heteroatoms. The van der Waals surface area contributed by atoms with Crippen molar-refractivity contribution in [1.29, 1.82) is 0 Å². The molecule has 2 aliphatic rings. The maximum absolute atomic E-state index is 10.1. The van der Waals surface area contributed by atoms with E-state index in [0.29, 0.717) is 29.1 Å². The standard InChI is InChI=1S/C40H56O2.C16H13Cl3N2OS/c1-29(17-13-19-31(3)21-23-37-33(5)25-35(41)27-39(37,7)8)15-11-12-16-30(2)18-14-20-32(4)22-24-38-34(6)26-36(42)28-40(38,9)10;17-12-1-2-13(14(18)7-12)15(8-21-5-4-20-10-21)22-9-11-3-6-23-16(11)19/h11-25,35-37,41-42H,26-28H2,1-10H3;1-7,10,15H,8-9H2/b12-11+,17-13+,18-14+,23-21+,24-22+,29-15+,30-16+,31-19+,32-20+;/t35-,36+,37-;/m0./s1. The van der Waals surface area contributed by atoms with Crippen LogP contribution in [0.2, 0.25) is 14.4 Å². The second-order valence-electron chi connectivity index (χ2n) is 18.7. The van der Waals surface area contributed by atoms with Gasteiger partial charge in [-0.15, -0.1) is 11.3 Å². The molecule has 1 aromatic carbocycles. The van der Waals surface area contributed by atoms with Crippen LogP contribution in [-0.2, 0) is 17.9 Å². The lowest BCUT2D eigenvalue weighted by molar-refractivity contribution is 0.0282. The zero-order valence-corrected chi connectivity index (χ0v) is 42.9. The lowest BCUT2D eigenvalue weighted by Gasteiger charge is -2.38. The minimum atomic E-state index is -0.331. The summed E-state index contributed by atoms with van der Waals surface area (Å²) in [7, 11) is 0. The summed E-state index contributed by atoms with van der Waals surface area (Å²) in [6.45, 7) is 22.6. The average Bonchev–Trinajstić information content (AvgIpc) is 3.88. The van der Waals surface area contributed by atoms with Gasteiger partial charge in [0.15, 0.2) is 0 Å². The molecule has 4 atom stereocenters. The van der Waals surface area contributed by atoms with Crippen LogP contribution in [0.4, 0.5) is 0 Å². The summed E-state index contributed by atoms with van der Waals surface area (Å²) in [6.07, 6.45) is 38.9. The van der Waals surface area contributed by atoms with Crippen LogP contribution in [0, 0.1) is 16.7 Å². The highest BCUT2D eigenvalue weighted by Gasteiger charge is 2.34. The van der Waals surface area contributed by atoms with Crippen LogP contribution in [0.1, 0.15) is 106 Å². The zero-order chi connectivity index (χ0) is 47.7. The first-order valence-electron chi connectivity index (χ1n) is 22.3. The molecule has 348 valence electrons. The lowest BCUT2D eigenvalue weighted by atomic mass is 9.67. The molecular formula is C56H69Cl3N2O3S. The molecule has 5 nitrogen and oxygen atoms in total. The molecule has 1 unspecified atom stereocenters. The number of aliphatic hydroxyl groups is 2. The van der Waals surface area contributed by atoms with Gasteiger partial charge in [0.25, 0.3) is 0 Å². The van der Waals surface area contributed by atoms with Crippen molar-refractivity contribution in [2.24, 2.45) is 16.7 Å². The van der Waals surface area contributed by atoms with Gasteiger partial charge < -0.3 is 19.5 Å². The van der Waals surface area contributed by atoms with E-state index in [1.807, 2.05) is 40.4 Å². The van der Waals surface area contributed by atoms with Crippen LogP contribution >= 0.6 is 46.1 Å². The van der Waals surface area contributed by atoms with Crippen molar-refractivity contribution in [3.63, 3.8) is 0 Å². The Kier molecular flexibility index (Phi) is 21.3. The molecule has 0 saturated heterocycles. The Labute approximate surface area is 409 Å². The van der Waals surface area contributed by atoms with Crippen molar-refractivity contribution < 1.29 is 14.9 Å². The number of thiophene rings is 1. The predicted molar refractivity (Wildman–Crippen MR) is 280 cm³/mol. The molecular weight excluding hydrogens is 887 g/mol. The Hall–Kier alpha value is -3.98. The van der Waals surface area contributed by atoms with Gasteiger partial charge in [0.05, 0.1) is 36.0 Å². The number of allylic oxidation sites excluding steroid dienone is 20. The molecule has 0 saturated carbocycles. The van der Waals surface area contributed by atoms with E-state index in [1.54, 1.807) is 18.6 Å². The smallest absolute Gasteiger partial charge is 0.102 e. The highest BCUT2D eigenvalue weighted by atomic mass is 35.5. The molecule has 2 N–H and O–H groups in total. The Morgan fingerprint density at radius 2 is 1.49 bits per heavy atom. The summed E-state index contributed by atoms with van der Waals surface area (Å²) in [5.74, 6) is 0.348. The molecule has 65 heavy (non-hydrogen) atoms. The predicted octanol–water partition coefficient (Wildman–Crippen LogP) is 16.3. The summed E-state index contributed by atoms with van der Waals surface area (Å²) in [6, 6.07) is 7.39. The minimum absolute atomic E-state index is 0.00528. The van der Waals surface area contributed by atoms with Crippen LogP contribution in [0.5, 0.6) is 0 Å². The number of aliphatic hydroxyl groups excluding tert-OH is 2. The fourth-order valence-electron chi connectivity index (χ4n) is 8.35. The molecule has 0 fully saturated rings. The Morgan fingerprint density at radius 1 is 0.862 bits per heavy atom. The molecule has 5 rings (SSSR count). The van der Waals surface area contributed by atoms with Crippen molar-refractivity contribution in [1.82, 2.24) is 9.55 Å². The molecule has 0 radical (unpaired) electrons. The van der Waals surface area contributed by atoms with Gasteiger partial charge in [-0.3, -0.25) is 0 Å². The molecule has 2 aromatic heterocycles. The van der Waals surface area contributed by atoms with Gasteiger partial charge in [-0.2, -0.15) is 0 Å². The number of benzene rings is 1.